The standard InChI is InChI=1S/C26H27N5O2/c1-15-21-10-9-20-23(22-13-28-14-31(22)3)29-16(2)30-25(20)26(21,11-17(12-27)24(15)32)18-5-7-19(33-4)8-6-18/h5-8,13-15,17,21H,9-11H2,1-4H3/t15-,17?,21-,26+/m0/s1. The number of Topliss-reactive ketones (excluding diaryl/α,β-unsaturated/α-hetero) is 1. The number of methoxy groups -OCH3 is 1. The molecule has 3 aromatic rings. The van der Waals surface area contributed by atoms with Gasteiger partial charge in [-0.3, -0.25) is 4.79 Å². The van der Waals surface area contributed by atoms with Crippen molar-refractivity contribution >= 4 is 5.78 Å². The first kappa shape index (κ1) is 21.3. The van der Waals surface area contributed by atoms with Crippen LogP contribution in [0.1, 0.15) is 42.4 Å². The predicted octanol–water partition coefficient (Wildman–Crippen LogP) is 3.79. The molecule has 0 saturated heterocycles. The van der Waals surface area contributed by atoms with E-state index in [1.807, 2.05) is 43.8 Å². The van der Waals surface area contributed by atoms with Crippen LogP contribution in [0.2, 0.25) is 0 Å². The van der Waals surface area contributed by atoms with Crippen molar-refractivity contribution in [1.29, 1.82) is 5.26 Å². The van der Waals surface area contributed by atoms with Crippen LogP contribution in [0.25, 0.3) is 11.4 Å². The third kappa shape index (κ3) is 3.08. The zero-order valence-electron chi connectivity index (χ0n) is 19.4. The SMILES string of the molecule is COc1ccc([C@]23CC(C#N)C(=O)[C@@H](C)[C@@H]2CCc2c(-c4cncn4C)nc(C)nc23)cc1. The lowest BCUT2D eigenvalue weighted by Crippen LogP contribution is -2.53. The van der Waals surface area contributed by atoms with Crippen LogP contribution in [-0.2, 0) is 23.7 Å². The zero-order chi connectivity index (χ0) is 23.3. The normalized spacial score (nSPS) is 26.3. The highest BCUT2D eigenvalue weighted by atomic mass is 16.5. The Morgan fingerprint density at radius 1 is 1.24 bits per heavy atom. The average Bonchev–Trinajstić information content (AvgIpc) is 3.26. The van der Waals surface area contributed by atoms with E-state index in [0.29, 0.717) is 12.2 Å². The molecule has 2 aliphatic rings. The summed E-state index contributed by atoms with van der Waals surface area (Å²) < 4.78 is 7.37. The van der Waals surface area contributed by atoms with Crippen molar-refractivity contribution in [2.45, 2.75) is 38.5 Å². The Labute approximate surface area is 193 Å². The summed E-state index contributed by atoms with van der Waals surface area (Å²) in [7, 11) is 3.61. The van der Waals surface area contributed by atoms with Gasteiger partial charge in [-0.2, -0.15) is 5.26 Å². The van der Waals surface area contributed by atoms with Crippen molar-refractivity contribution in [3.05, 3.63) is 59.4 Å². The number of imidazole rings is 1. The molecule has 5 rings (SSSR count). The number of rotatable bonds is 3. The van der Waals surface area contributed by atoms with Crippen LogP contribution >= 0.6 is 0 Å². The van der Waals surface area contributed by atoms with E-state index in [1.165, 1.54) is 0 Å². The lowest BCUT2D eigenvalue weighted by atomic mass is 9.51. The number of aryl methyl sites for hydroxylation is 2. The maximum Gasteiger partial charge on any atom is 0.153 e. The Kier molecular flexibility index (Phi) is 5.04. The Bertz CT molecular complexity index is 1270. The number of hydrogen-bond acceptors (Lipinski definition) is 6. The number of hydrogen-bond donors (Lipinski definition) is 0. The second-order valence-electron chi connectivity index (χ2n) is 9.26. The molecule has 0 N–H and O–H groups in total. The topological polar surface area (TPSA) is 93.7 Å². The Hall–Kier alpha value is -3.53. The summed E-state index contributed by atoms with van der Waals surface area (Å²) in [5.41, 5.74) is 4.40. The molecule has 1 fully saturated rings. The minimum atomic E-state index is -0.667. The van der Waals surface area contributed by atoms with Crippen molar-refractivity contribution in [1.82, 2.24) is 19.5 Å². The summed E-state index contributed by atoms with van der Waals surface area (Å²) in [4.78, 5) is 27.2. The first-order valence-corrected chi connectivity index (χ1v) is 11.3. The van der Waals surface area contributed by atoms with Crippen LogP contribution in [0.3, 0.4) is 0 Å². The first-order valence-electron chi connectivity index (χ1n) is 11.3. The van der Waals surface area contributed by atoms with E-state index in [1.54, 1.807) is 13.4 Å². The molecule has 2 aromatic heterocycles. The molecule has 2 heterocycles. The van der Waals surface area contributed by atoms with E-state index in [0.717, 1.165) is 46.8 Å². The molecule has 0 bridgehead atoms. The third-order valence-electron chi connectivity index (χ3n) is 7.62. The number of benzene rings is 1. The number of fused-ring (bicyclic) bond motifs is 3. The van der Waals surface area contributed by atoms with Gasteiger partial charge in [0, 0.05) is 23.9 Å². The molecule has 1 aromatic carbocycles. The van der Waals surface area contributed by atoms with Crippen molar-refractivity contribution in [3.8, 4) is 23.2 Å². The van der Waals surface area contributed by atoms with E-state index < -0.39 is 11.3 Å². The summed E-state index contributed by atoms with van der Waals surface area (Å²) >= 11 is 0. The third-order valence-corrected chi connectivity index (χ3v) is 7.62. The van der Waals surface area contributed by atoms with Crippen LogP contribution in [-0.4, -0.2) is 32.4 Å². The van der Waals surface area contributed by atoms with Gasteiger partial charge in [0.15, 0.2) is 5.78 Å². The van der Waals surface area contributed by atoms with Gasteiger partial charge in [-0.25, -0.2) is 15.0 Å². The molecule has 0 aliphatic heterocycles. The lowest BCUT2D eigenvalue weighted by Gasteiger charge is -2.51. The first-order chi connectivity index (χ1) is 15.9. The van der Waals surface area contributed by atoms with E-state index in [4.69, 9.17) is 14.7 Å². The van der Waals surface area contributed by atoms with Crippen molar-refractivity contribution in [3.63, 3.8) is 0 Å². The fourth-order valence-electron chi connectivity index (χ4n) is 6.05. The molecular weight excluding hydrogens is 414 g/mol. The quantitative estimate of drug-likeness (QED) is 0.614. The number of carbonyl (C=O) groups is 1. The fraction of sp³-hybridized carbons (Fsp3) is 0.423. The maximum absolute atomic E-state index is 13.1. The molecule has 7 nitrogen and oxygen atoms in total. The second-order valence-corrected chi connectivity index (χ2v) is 9.26. The number of aromatic nitrogens is 4. The highest BCUT2D eigenvalue weighted by Crippen LogP contribution is 2.56. The minimum Gasteiger partial charge on any atom is -0.497 e. The molecule has 0 amide bonds. The minimum absolute atomic E-state index is 0.0488. The predicted molar refractivity (Wildman–Crippen MR) is 122 cm³/mol. The highest BCUT2D eigenvalue weighted by Gasteiger charge is 2.56. The van der Waals surface area contributed by atoms with Gasteiger partial charge in [-0.05, 0) is 49.8 Å². The van der Waals surface area contributed by atoms with Gasteiger partial charge in [0.1, 0.15) is 17.5 Å². The molecule has 0 radical (unpaired) electrons. The van der Waals surface area contributed by atoms with Gasteiger partial charge < -0.3 is 9.30 Å². The molecular formula is C26H27N5O2. The summed E-state index contributed by atoms with van der Waals surface area (Å²) in [6.45, 7) is 3.89. The molecule has 168 valence electrons. The van der Waals surface area contributed by atoms with Gasteiger partial charge in [-0.1, -0.05) is 19.1 Å². The molecule has 33 heavy (non-hydrogen) atoms. The molecule has 1 unspecified atom stereocenters. The number of ketones is 1. The Morgan fingerprint density at radius 2 is 2.00 bits per heavy atom. The van der Waals surface area contributed by atoms with Gasteiger partial charge >= 0.3 is 0 Å². The Balaban J connectivity index is 1.82. The van der Waals surface area contributed by atoms with Gasteiger partial charge in [0.05, 0.1) is 42.8 Å². The van der Waals surface area contributed by atoms with Gasteiger partial charge in [-0.15, -0.1) is 0 Å². The summed E-state index contributed by atoms with van der Waals surface area (Å²) in [5, 5.41) is 9.92. The van der Waals surface area contributed by atoms with E-state index in [-0.39, 0.29) is 17.6 Å². The molecule has 1 saturated carbocycles. The maximum atomic E-state index is 13.1. The molecule has 4 atom stereocenters. The molecule has 2 aliphatic carbocycles. The van der Waals surface area contributed by atoms with Crippen molar-refractivity contribution in [2.24, 2.45) is 24.8 Å². The summed E-state index contributed by atoms with van der Waals surface area (Å²) in [6, 6.07) is 10.3. The fourth-order valence-corrected chi connectivity index (χ4v) is 6.05. The van der Waals surface area contributed by atoms with Gasteiger partial charge in [0.2, 0.25) is 0 Å². The monoisotopic (exact) mass is 441 g/mol. The molecule has 0 spiro atoms. The van der Waals surface area contributed by atoms with Crippen LogP contribution in [0.15, 0.2) is 36.8 Å². The average molecular weight is 442 g/mol. The van der Waals surface area contributed by atoms with Crippen molar-refractivity contribution in [2.75, 3.05) is 7.11 Å². The van der Waals surface area contributed by atoms with E-state index in [2.05, 4.69) is 23.2 Å². The molecule has 7 heteroatoms. The second kappa shape index (κ2) is 7.80. The zero-order valence-corrected chi connectivity index (χ0v) is 19.4. The van der Waals surface area contributed by atoms with Gasteiger partial charge in [0.25, 0.3) is 0 Å². The number of carbonyl (C=O) groups excluding carboxylic acids is 1. The van der Waals surface area contributed by atoms with Crippen LogP contribution in [0.5, 0.6) is 5.75 Å². The van der Waals surface area contributed by atoms with Crippen molar-refractivity contribution < 1.29 is 9.53 Å². The summed E-state index contributed by atoms with van der Waals surface area (Å²) in [6.07, 6.45) is 5.66. The van der Waals surface area contributed by atoms with E-state index >= 15 is 0 Å². The Morgan fingerprint density at radius 3 is 2.64 bits per heavy atom. The number of nitriles is 1. The highest BCUT2D eigenvalue weighted by molar-refractivity contribution is 5.87. The number of nitrogens with zero attached hydrogens (tertiary/aromatic N) is 5. The smallest absolute Gasteiger partial charge is 0.153 e. The van der Waals surface area contributed by atoms with E-state index in [9.17, 15) is 10.1 Å². The number of ether oxygens (including phenoxy) is 1. The lowest BCUT2D eigenvalue weighted by molar-refractivity contribution is -0.131. The largest absolute Gasteiger partial charge is 0.497 e. The summed E-state index contributed by atoms with van der Waals surface area (Å²) in [5.74, 6) is 0.663. The van der Waals surface area contributed by atoms with Crippen LogP contribution in [0.4, 0.5) is 0 Å². The van der Waals surface area contributed by atoms with Crippen LogP contribution < -0.4 is 4.74 Å². The van der Waals surface area contributed by atoms with Crippen LogP contribution in [0, 0.1) is 36.0 Å².